The predicted molar refractivity (Wildman–Crippen MR) is 96.8 cm³/mol. The first-order valence-electron chi connectivity index (χ1n) is 8.68. The largest absolute Gasteiger partial charge is 0.502 e. The summed E-state index contributed by atoms with van der Waals surface area (Å²) < 4.78 is 5.69. The predicted octanol–water partition coefficient (Wildman–Crippen LogP) is 4.03. The molecule has 1 atom stereocenters. The number of aliphatic hydroxyl groups is 1. The Bertz CT molecular complexity index is 909. The van der Waals surface area contributed by atoms with Crippen LogP contribution in [0.5, 0.6) is 5.75 Å². The van der Waals surface area contributed by atoms with Crippen molar-refractivity contribution in [2.24, 2.45) is 0 Å². The number of aliphatic hydroxyl groups excluding tert-OH is 1. The second kappa shape index (κ2) is 7.57. The van der Waals surface area contributed by atoms with Gasteiger partial charge in [0.2, 0.25) is 11.2 Å². The number of aromatic nitrogens is 1. The van der Waals surface area contributed by atoms with Gasteiger partial charge in [0.15, 0.2) is 5.76 Å². The lowest BCUT2D eigenvalue weighted by molar-refractivity contribution is 0.233. The monoisotopic (exact) mass is 341 g/mol. The zero-order valence-corrected chi connectivity index (χ0v) is 14.3. The van der Waals surface area contributed by atoms with Gasteiger partial charge in [-0.2, -0.15) is 0 Å². The Labute approximate surface area is 145 Å². The van der Waals surface area contributed by atoms with Gasteiger partial charge in [-0.3, -0.25) is 4.79 Å². The number of nitrogens with one attached hydrogen (secondary N) is 1. The van der Waals surface area contributed by atoms with Crippen LogP contribution in [0.1, 0.15) is 55.6 Å². The summed E-state index contributed by atoms with van der Waals surface area (Å²) in [5, 5.41) is 20.7. The lowest BCUT2D eigenvalue weighted by atomic mass is 9.90. The number of para-hydroxylation sites is 1. The van der Waals surface area contributed by atoms with Gasteiger partial charge in [-0.05, 0) is 18.1 Å². The molecule has 0 radical (unpaired) electrons. The number of benzene rings is 1. The van der Waals surface area contributed by atoms with E-state index in [2.05, 4.69) is 11.9 Å². The Morgan fingerprint density at radius 1 is 1.24 bits per heavy atom. The van der Waals surface area contributed by atoms with Crippen molar-refractivity contribution in [3.63, 3.8) is 0 Å². The van der Waals surface area contributed by atoms with E-state index in [-0.39, 0.29) is 29.8 Å². The molecular formula is C20H23NO4. The van der Waals surface area contributed by atoms with Crippen molar-refractivity contribution in [3.05, 3.63) is 63.8 Å². The number of aromatic hydroxyl groups is 1. The van der Waals surface area contributed by atoms with Crippen molar-refractivity contribution < 1.29 is 14.6 Å². The highest BCUT2D eigenvalue weighted by Gasteiger charge is 2.25. The van der Waals surface area contributed by atoms with Crippen molar-refractivity contribution in [2.75, 3.05) is 0 Å². The minimum Gasteiger partial charge on any atom is -0.502 e. The van der Waals surface area contributed by atoms with Gasteiger partial charge < -0.3 is 19.6 Å². The maximum Gasteiger partial charge on any atom is 0.227 e. The van der Waals surface area contributed by atoms with Crippen LogP contribution >= 0.6 is 0 Å². The first-order valence-corrected chi connectivity index (χ1v) is 8.68. The molecule has 1 unspecified atom stereocenters. The Morgan fingerprint density at radius 3 is 2.80 bits per heavy atom. The molecule has 3 aromatic rings. The number of aromatic amines is 1. The molecule has 132 valence electrons. The number of fused-ring (bicyclic) bond motifs is 1. The van der Waals surface area contributed by atoms with E-state index in [1.165, 1.54) is 0 Å². The van der Waals surface area contributed by atoms with Gasteiger partial charge in [-0.25, -0.2) is 0 Å². The van der Waals surface area contributed by atoms with Gasteiger partial charge >= 0.3 is 0 Å². The third-order valence-corrected chi connectivity index (χ3v) is 4.57. The summed E-state index contributed by atoms with van der Waals surface area (Å²) in [5.41, 5.74) is 1.46. The molecule has 0 amide bonds. The summed E-state index contributed by atoms with van der Waals surface area (Å²) in [7, 11) is 0. The average molecular weight is 341 g/mol. The molecule has 2 aromatic heterocycles. The lowest BCUT2D eigenvalue weighted by Gasteiger charge is -2.17. The summed E-state index contributed by atoms with van der Waals surface area (Å²) >= 11 is 0. The van der Waals surface area contributed by atoms with Crippen molar-refractivity contribution in [1.29, 1.82) is 0 Å². The molecule has 0 aliphatic rings. The molecule has 5 nitrogen and oxygen atoms in total. The van der Waals surface area contributed by atoms with Gasteiger partial charge in [0, 0.05) is 29.1 Å². The smallest absolute Gasteiger partial charge is 0.227 e. The molecule has 0 spiro atoms. The molecule has 0 aliphatic carbocycles. The van der Waals surface area contributed by atoms with Crippen LogP contribution in [0.3, 0.4) is 0 Å². The maximum atomic E-state index is 12.1. The van der Waals surface area contributed by atoms with Gasteiger partial charge in [0.05, 0.1) is 0 Å². The van der Waals surface area contributed by atoms with Crippen LogP contribution < -0.4 is 5.43 Å². The number of unbranched alkanes of at least 4 members (excludes halogenated alkanes) is 2. The van der Waals surface area contributed by atoms with Gasteiger partial charge in [-0.15, -0.1) is 0 Å². The molecule has 0 saturated carbocycles. The molecule has 25 heavy (non-hydrogen) atoms. The second-order valence-electron chi connectivity index (χ2n) is 6.29. The zero-order chi connectivity index (χ0) is 17.8. The highest BCUT2D eigenvalue weighted by molar-refractivity contribution is 5.84. The van der Waals surface area contributed by atoms with Crippen LogP contribution in [0.2, 0.25) is 0 Å². The Hall–Kier alpha value is -2.53. The van der Waals surface area contributed by atoms with Crippen LogP contribution in [0, 0.1) is 0 Å². The molecule has 0 bridgehead atoms. The highest BCUT2D eigenvalue weighted by atomic mass is 16.4. The summed E-state index contributed by atoms with van der Waals surface area (Å²) in [6, 6.07) is 9.06. The Morgan fingerprint density at radius 2 is 2.04 bits per heavy atom. The van der Waals surface area contributed by atoms with Crippen molar-refractivity contribution in [1.82, 2.24) is 4.98 Å². The standard InChI is InChI=1S/C20H23NO4/c1-2-3-4-8-15(16-11-21-17-9-6-5-7-14(16)17)20-19(24)18(23)10-13(12-22)25-20/h5-7,9-11,15,21-22,24H,2-4,8,12H2,1H3. The van der Waals surface area contributed by atoms with Crippen molar-refractivity contribution >= 4 is 10.9 Å². The average Bonchev–Trinajstić information content (AvgIpc) is 3.05. The molecule has 5 heteroatoms. The summed E-state index contributed by atoms with van der Waals surface area (Å²) in [6.45, 7) is 1.75. The topological polar surface area (TPSA) is 86.5 Å². The van der Waals surface area contributed by atoms with E-state index < -0.39 is 5.43 Å². The number of H-pyrrole nitrogens is 1. The maximum absolute atomic E-state index is 12.1. The van der Waals surface area contributed by atoms with Crippen LogP contribution in [0.25, 0.3) is 10.9 Å². The SMILES string of the molecule is CCCCCC(c1oc(CO)cc(=O)c1O)c1c[nH]c2ccccc12. The first kappa shape index (κ1) is 17.3. The molecule has 0 saturated heterocycles. The second-order valence-corrected chi connectivity index (χ2v) is 6.29. The normalized spacial score (nSPS) is 12.6. The Kier molecular flexibility index (Phi) is 5.24. The molecule has 0 fully saturated rings. The molecule has 3 N–H and O–H groups in total. The van der Waals surface area contributed by atoms with Crippen LogP contribution in [0.15, 0.2) is 45.7 Å². The zero-order valence-electron chi connectivity index (χ0n) is 14.3. The van der Waals surface area contributed by atoms with E-state index in [4.69, 9.17) is 4.42 Å². The fourth-order valence-electron chi connectivity index (χ4n) is 3.28. The summed E-state index contributed by atoms with van der Waals surface area (Å²) in [5.74, 6) is -0.221. The Balaban J connectivity index is 2.12. The number of hydrogen-bond donors (Lipinski definition) is 3. The van der Waals surface area contributed by atoms with E-state index in [9.17, 15) is 15.0 Å². The van der Waals surface area contributed by atoms with Crippen LogP contribution in [-0.4, -0.2) is 15.2 Å². The van der Waals surface area contributed by atoms with Crippen LogP contribution in [-0.2, 0) is 6.61 Å². The highest BCUT2D eigenvalue weighted by Crippen LogP contribution is 2.37. The van der Waals surface area contributed by atoms with E-state index in [1.54, 1.807) is 0 Å². The van der Waals surface area contributed by atoms with Crippen molar-refractivity contribution in [2.45, 2.75) is 45.1 Å². The molecule has 1 aromatic carbocycles. The minimum absolute atomic E-state index is 0.165. The van der Waals surface area contributed by atoms with Crippen molar-refractivity contribution in [3.8, 4) is 5.75 Å². The van der Waals surface area contributed by atoms with Gasteiger partial charge in [0.25, 0.3) is 0 Å². The van der Waals surface area contributed by atoms with Gasteiger partial charge in [-0.1, -0.05) is 44.4 Å². The lowest BCUT2D eigenvalue weighted by Crippen LogP contribution is -2.10. The summed E-state index contributed by atoms with van der Waals surface area (Å²) in [6.07, 6.45) is 5.75. The summed E-state index contributed by atoms with van der Waals surface area (Å²) in [4.78, 5) is 15.3. The molecular weight excluding hydrogens is 318 g/mol. The first-order chi connectivity index (χ1) is 12.2. The number of rotatable bonds is 7. The molecule has 2 heterocycles. The fraction of sp³-hybridized carbons (Fsp3) is 0.350. The van der Waals surface area contributed by atoms with E-state index in [0.717, 1.165) is 48.2 Å². The fourth-order valence-corrected chi connectivity index (χ4v) is 3.28. The van der Waals surface area contributed by atoms with E-state index >= 15 is 0 Å². The molecule has 0 aliphatic heterocycles. The van der Waals surface area contributed by atoms with E-state index in [0.29, 0.717) is 0 Å². The quantitative estimate of drug-likeness (QED) is 0.566. The third kappa shape index (κ3) is 3.46. The van der Waals surface area contributed by atoms with Crippen LogP contribution in [0.4, 0.5) is 0 Å². The number of hydrogen-bond acceptors (Lipinski definition) is 4. The minimum atomic E-state index is -0.523. The third-order valence-electron chi connectivity index (χ3n) is 4.57. The van der Waals surface area contributed by atoms with E-state index in [1.807, 2.05) is 30.5 Å². The molecule has 3 rings (SSSR count). The van der Waals surface area contributed by atoms with Gasteiger partial charge in [0.1, 0.15) is 12.4 Å².